The van der Waals surface area contributed by atoms with Gasteiger partial charge in [-0.3, -0.25) is 0 Å². The average molecular weight is 163 g/mol. The summed E-state index contributed by atoms with van der Waals surface area (Å²) in [6.45, 7) is 4.58. The molecule has 0 aliphatic carbocycles. The van der Waals surface area contributed by atoms with Crippen molar-refractivity contribution in [3.05, 3.63) is 0 Å². The summed E-state index contributed by atoms with van der Waals surface area (Å²) in [7, 11) is 0. The van der Waals surface area contributed by atoms with Crippen molar-refractivity contribution in [2.75, 3.05) is 5.88 Å². The lowest BCUT2D eigenvalue weighted by atomic mass is 10.00. The van der Waals surface area contributed by atoms with E-state index >= 15 is 0 Å². The summed E-state index contributed by atoms with van der Waals surface area (Å²) in [4.78, 5) is 0. The van der Waals surface area contributed by atoms with Crippen molar-refractivity contribution in [1.82, 2.24) is 0 Å². The quantitative estimate of drug-likeness (QED) is 0.412. The molecule has 1 atom stereocenters. The van der Waals surface area contributed by atoms with Crippen molar-refractivity contribution in [3.63, 3.8) is 0 Å². The van der Waals surface area contributed by atoms with Crippen molar-refractivity contribution in [3.8, 4) is 0 Å². The maximum absolute atomic E-state index is 5.56. The van der Waals surface area contributed by atoms with E-state index in [1.54, 1.807) is 0 Å². The standard InChI is InChI=1S/C9H19Cl/c1-3-6-9(2)7-4-5-8-10/h9H,3-8H2,1-2H3. The van der Waals surface area contributed by atoms with Crippen LogP contribution in [0, 0.1) is 5.92 Å². The highest BCUT2D eigenvalue weighted by Crippen LogP contribution is 2.13. The Bertz CT molecular complexity index is 61.7. The first kappa shape index (κ1) is 10.3. The molecule has 0 aromatic rings. The molecule has 0 saturated heterocycles. The molecule has 62 valence electrons. The molecule has 1 heteroatoms. The van der Waals surface area contributed by atoms with Gasteiger partial charge in [-0.1, -0.05) is 39.5 Å². The van der Waals surface area contributed by atoms with Crippen LogP contribution in [0.4, 0.5) is 0 Å². The van der Waals surface area contributed by atoms with Gasteiger partial charge in [-0.25, -0.2) is 0 Å². The predicted octanol–water partition coefficient (Wildman–Crippen LogP) is 3.83. The first-order valence-electron chi connectivity index (χ1n) is 4.37. The third-order valence-electron chi connectivity index (χ3n) is 1.86. The highest BCUT2D eigenvalue weighted by molar-refractivity contribution is 6.17. The van der Waals surface area contributed by atoms with Gasteiger partial charge in [0.05, 0.1) is 0 Å². The fraction of sp³-hybridized carbons (Fsp3) is 1.00. The lowest BCUT2D eigenvalue weighted by Crippen LogP contribution is -1.93. The zero-order valence-electron chi connectivity index (χ0n) is 7.20. The number of hydrogen-bond acceptors (Lipinski definition) is 0. The van der Waals surface area contributed by atoms with Gasteiger partial charge in [0, 0.05) is 5.88 Å². The fourth-order valence-electron chi connectivity index (χ4n) is 1.22. The molecule has 10 heavy (non-hydrogen) atoms. The van der Waals surface area contributed by atoms with Crippen molar-refractivity contribution < 1.29 is 0 Å². The highest BCUT2D eigenvalue weighted by atomic mass is 35.5. The monoisotopic (exact) mass is 162 g/mol. The third-order valence-corrected chi connectivity index (χ3v) is 2.13. The van der Waals surface area contributed by atoms with E-state index in [-0.39, 0.29) is 0 Å². The van der Waals surface area contributed by atoms with Crippen LogP contribution in [-0.2, 0) is 0 Å². The van der Waals surface area contributed by atoms with Crippen LogP contribution in [0.25, 0.3) is 0 Å². The second kappa shape index (κ2) is 7.40. The second-order valence-electron chi connectivity index (χ2n) is 3.08. The van der Waals surface area contributed by atoms with Crippen LogP contribution in [0.15, 0.2) is 0 Å². The van der Waals surface area contributed by atoms with Gasteiger partial charge < -0.3 is 0 Å². The summed E-state index contributed by atoms with van der Waals surface area (Å²) in [6, 6.07) is 0. The largest absolute Gasteiger partial charge is 0.127 e. The molecule has 1 unspecified atom stereocenters. The normalized spacial score (nSPS) is 13.5. The first-order chi connectivity index (χ1) is 4.81. The molecule has 0 aromatic carbocycles. The molecular weight excluding hydrogens is 144 g/mol. The van der Waals surface area contributed by atoms with Crippen LogP contribution < -0.4 is 0 Å². The molecule has 0 radical (unpaired) electrons. The van der Waals surface area contributed by atoms with E-state index in [9.17, 15) is 0 Å². The molecule has 0 spiro atoms. The molecule has 0 saturated carbocycles. The smallest absolute Gasteiger partial charge is 0.0223 e. The minimum absolute atomic E-state index is 0.832. The molecule has 0 aliphatic heterocycles. The summed E-state index contributed by atoms with van der Waals surface area (Å²) in [5, 5.41) is 0. The zero-order chi connectivity index (χ0) is 7.82. The van der Waals surface area contributed by atoms with Crippen LogP contribution in [0.2, 0.25) is 0 Å². The lowest BCUT2D eigenvalue weighted by molar-refractivity contribution is 0.467. The van der Waals surface area contributed by atoms with Crippen molar-refractivity contribution in [2.45, 2.75) is 46.0 Å². The van der Waals surface area contributed by atoms with E-state index in [1.165, 1.54) is 32.1 Å². The van der Waals surface area contributed by atoms with Gasteiger partial charge in [0.25, 0.3) is 0 Å². The Morgan fingerprint density at radius 3 is 2.40 bits per heavy atom. The zero-order valence-corrected chi connectivity index (χ0v) is 7.95. The molecule has 0 N–H and O–H groups in total. The fourth-order valence-corrected chi connectivity index (χ4v) is 1.41. The molecule has 0 fully saturated rings. The Morgan fingerprint density at radius 2 is 1.90 bits per heavy atom. The topological polar surface area (TPSA) is 0 Å². The summed E-state index contributed by atoms with van der Waals surface area (Å²) < 4.78 is 0. The minimum atomic E-state index is 0.832. The van der Waals surface area contributed by atoms with Gasteiger partial charge in [0.2, 0.25) is 0 Å². The molecule has 0 rings (SSSR count). The van der Waals surface area contributed by atoms with Gasteiger partial charge in [0.1, 0.15) is 0 Å². The maximum atomic E-state index is 5.56. The second-order valence-corrected chi connectivity index (χ2v) is 3.46. The summed E-state index contributed by atoms with van der Waals surface area (Å²) in [5.74, 6) is 1.74. The Hall–Kier alpha value is 0.290. The van der Waals surface area contributed by atoms with Gasteiger partial charge in [-0.2, -0.15) is 0 Å². The Labute approximate surface area is 70.0 Å². The number of unbranched alkanes of at least 4 members (excludes halogenated alkanes) is 1. The number of halogens is 1. The molecule has 0 aliphatic rings. The summed E-state index contributed by atoms with van der Waals surface area (Å²) in [5.41, 5.74) is 0. The van der Waals surface area contributed by atoms with Crippen LogP contribution >= 0.6 is 11.6 Å². The third kappa shape index (κ3) is 6.41. The van der Waals surface area contributed by atoms with Gasteiger partial charge >= 0.3 is 0 Å². The van der Waals surface area contributed by atoms with E-state index < -0.39 is 0 Å². The summed E-state index contributed by atoms with van der Waals surface area (Å²) >= 11 is 5.56. The number of rotatable bonds is 6. The SMILES string of the molecule is CCCC(C)CCCCCl. The van der Waals surface area contributed by atoms with E-state index in [0.29, 0.717) is 0 Å². The van der Waals surface area contributed by atoms with Crippen LogP contribution in [0.5, 0.6) is 0 Å². The van der Waals surface area contributed by atoms with E-state index in [2.05, 4.69) is 13.8 Å². The number of hydrogen-bond donors (Lipinski definition) is 0. The minimum Gasteiger partial charge on any atom is -0.127 e. The van der Waals surface area contributed by atoms with Crippen LogP contribution in [-0.4, -0.2) is 5.88 Å². The summed E-state index contributed by atoms with van der Waals surface area (Å²) in [6.07, 6.45) is 6.56. The maximum Gasteiger partial charge on any atom is 0.0223 e. The van der Waals surface area contributed by atoms with Gasteiger partial charge in [0.15, 0.2) is 0 Å². The van der Waals surface area contributed by atoms with Crippen molar-refractivity contribution in [2.24, 2.45) is 5.92 Å². The molecular formula is C9H19Cl. The molecule has 0 nitrogen and oxygen atoms in total. The number of alkyl halides is 1. The molecule has 0 aromatic heterocycles. The first-order valence-corrected chi connectivity index (χ1v) is 4.90. The van der Waals surface area contributed by atoms with Gasteiger partial charge in [-0.05, 0) is 12.3 Å². The predicted molar refractivity (Wildman–Crippen MR) is 48.6 cm³/mol. The Balaban J connectivity index is 2.97. The van der Waals surface area contributed by atoms with Crippen molar-refractivity contribution >= 4 is 11.6 Å². The Kier molecular flexibility index (Phi) is 7.61. The van der Waals surface area contributed by atoms with E-state index in [1.807, 2.05) is 0 Å². The lowest BCUT2D eigenvalue weighted by Gasteiger charge is -2.07. The van der Waals surface area contributed by atoms with Crippen molar-refractivity contribution in [1.29, 1.82) is 0 Å². The van der Waals surface area contributed by atoms with Crippen LogP contribution in [0.3, 0.4) is 0 Å². The van der Waals surface area contributed by atoms with E-state index in [4.69, 9.17) is 11.6 Å². The molecule has 0 amide bonds. The Morgan fingerprint density at radius 1 is 1.20 bits per heavy atom. The highest BCUT2D eigenvalue weighted by Gasteiger charge is 1.98. The van der Waals surface area contributed by atoms with Gasteiger partial charge in [-0.15, -0.1) is 11.6 Å². The molecule has 0 heterocycles. The average Bonchev–Trinajstić information content (AvgIpc) is 1.89. The van der Waals surface area contributed by atoms with Crippen LogP contribution in [0.1, 0.15) is 46.0 Å². The van der Waals surface area contributed by atoms with E-state index in [0.717, 1.165) is 11.8 Å². The molecule has 0 bridgehead atoms.